The molecule has 3 rings (SSSR count). The molecule has 0 saturated carbocycles. The summed E-state index contributed by atoms with van der Waals surface area (Å²) >= 11 is 0. The molecule has 1 aliphatic heterocycles. The van der Waals surface area contributed by atoms with Crippen molar-refractivity contribution in [2.75, 3.05) is 11.9 Å². The quantitative estimate of drug-likeness (QED) is 0.869. The molecule has 8 heteroatoms. The van der Waals surface area contributed by atoms with Crippen molar-refractivity contribution in [3.05, 3.63) is 44.6 Å². The normalized spacial score (nSPS) is 16.7. The highest BCUT2D eigenvalue weighted by molar-refractivity contribution is 5.51. The van der Waals surface area contributed by atoms with Crippen LogP contribution < -0.4 is 16.6 Å². The maximum absolute atomic E-state index is 12.1. The number of fused-ring (bicyclic) bond motifs is 1. The minimum Gasteiger partial charge on any atom is -0.369 e. The first-order valence-corrected chi connectivity index (χ1v) is 7.49. The smallest absolute Gasteiger partial charge is 0.332 e. The number of hydrogen-bond donors (Lipinski definition) is 1. The number of nitrogens with zero attached hydrogens (tertiary/aromatic N) is 5. The molecule has 1 unspecified atom stereocenters. The molecule has 0 radical (unpaired) electrons. The van der Waals surface area contributed by atoms with Crippen LogP contribution in [-0.4, -0.2) is 25.2 Å². The second-order valence-electron chi connectivity index (χ2n) is 5.74. The predicted octanol–water partition coefficient (Wildman–Crippen LogP) is 0.142. The van der Waals surface area contributed by atoms with Gasteiger partial charge >= 0.3 is 5.69 Å². The van der Waals surface area contributed by atoms with Crippen LogP contribution in [0.25, 0.3) is 0 Å². The zero-order valence-corrected chi connectivity index (χ0v) is 13.1. The summed E-state index contributed by atoms with van der Waals surface area (Å²) in [5.74, 6) is 1.45. The van der Waals surface area contributed by atoms with Crippen LogP contribution in [0, 0.1) is 11.3 Å². The highest BCUT2D eigenvalue weighted by Crippen LogP contribution is 2.26. The fraction of sp³-hybridized carbons (Fsp3) is 0.467. The molecule has 0 spiro atoms. The Bertz CT molecular complexity index is 898. The van der Waals surface area contributed by atoms with E-state index in [1.54, 1.807) is 13.2 Å². The van der Waals surface area contributed by atoms with Crippen LogP contribution in [0.3, 0.4) is 0 Å². The lowest BCUT2D eigenvalue weighted by molar-refractivity contribution is 0.453. The van der Waals surface area contributed by atoms with Crippen LogP contribution in [0.4, 0.5) is 5.82 Å². The first-order valence-electron chi connectivity index (χ1n) is 7.49. The Hall–Kier alpha value is -2.82. The fourth-order valence-electron chi connectivity index (χ4n) is 3.07. The van der Waals surface area contributed by atoms with E-state index >= 15 is 0 Å². The van der Waals surface area contributed by atoms with Crippen molar-refractivity contribution in [2.24, 2.45) is 14.1 Å². The van der Waals surface area contributed by atoms with Gasteiger partial charge in [0, 0.05) is 45.5 Å². The van der Waals surface area contributed by atoms with Crippen molar-refractivity contribution < 1.29 is 0 Å². The van der Waals surface area contributed by atoms with E-state index in [0.717, 1.165) is 29.8 Å². The highest BCUT2D eigenvalue weighted by Gasteiger charge is 2.23. The zero-order valence-electron chi connectivity index (χ0n) is 13.1. The molecule has 3 heterocycles. The molecule has 0 aliphatic carbocycles. The van der Waals surface area contributed by atoms with E-state index < -0.39 is 11.2 Å². The van der Waals surface area contributed by atoms with E-state index in [2.05, 4.69) is 14.9 Å². The van der Waals surface area contributed by atoms with Crippen molar-refractivity contribution in [3.8, 4) is 6.07 Å². The molecule has 23 heavy (non-hydrogen) atoms. The van der Waals surface area contributed by atoms with Crippen LogP contribution in [0.1, 0.15) is 30.1 Å². The highest BCUT2D eigenvalue weighted by atomic mass is 16.2. The van der Waals surface area contributed by atoms with Gasteiger partial charge in [-0.25, -0.2) is 9.78 Å². The second-order valence-corrected chi connectivity index (χ2v) is 5.74. The Balaban J connectivity index is 1.93. The number of anilines is 1. The summed E-state index contributed by atoms with van der Waals surface area (Å²) in [6, 6.07) is 1.90. The van der Waals surface area contributed by atoms with Gasteiger partial charge in [-0.2, -0.15) is 5.26 Å². The molecule has 1 atom stereocenters. The molecule has 120 valence electrons. The molecule has 1 N–H and O–H groups in total. The number of hydrogen-bond acceptors (Lipinski definition) is 5. The Kier molecular flexibility index (Phi) is 3.78. The number of rotatable bonds is 3. The molecular weight excluding hydrogens is 296 g/mol. The van der Waals surface area contributed by atoms with Crippen molar-refractivity contribution in [2.45, 2.75) is 25.3 Å². The zero-order chi connectivity index (χ0) is 16.6. The summed E-state index contributed by atoms with van der Waals surface area (Å²) in [7, 11) is 2.92. The molecule has 0 saturated heterocycles. The molecule has 1 aliphatic rings. The number of imidazole rings is 1. The van der Waals surface area contributed by atoms with Gasteiger partial charge in [-0.3, -0.25) is 13.9 Å². The summed E-state index contributed by atoms with van der Waals surface area (Å²) in [5, 5.41) is 12.4. The number of nitriles is 1. The van der Waals surface area contributed by atoms with E-state index in [1.165, 1.54) is 11.6 Å². The Labute approximate surface area is 132 Å². The van der Waals surface area contributed by atoms with Gasteiger partial charge in [0.15, 0.2) is 5.56 Å². The van der Waals surface area contributed by atoms with Crippen LogP contribution in [0.15, 0.2) is 22.0 Å². The summed E-state index contributed by atoms with van der Waals surface area (Å²) in [6.07, 6.45) is 5.76. The first kappa shape index (κ1) is 15.1. The molecule has 8 nitrogen and oxygen atoms in total. The Morgan fingerprint density at radius 3 is 2.91 bits per heavy atom. The van der Waals surface area contributed by atoms with E-state index in [4.69, 9.17) is 0 Å². The van der Waals surface area contributed by atoms with Gasteiger partial charge < -0.3 is 9.88 Å². The Morgan fingerprint density at radius 2 is 2.17 bits per heavy atom. The van der Waals surface area contributed by atoms with E-state index in [9.17, 15) is 14.9 Å². The average Bonchev–Trinajstić information content (AvgIpc) is 3.04. The van der Waals surface area contributed by atoms with Gasteiger partial charge in [0.1, 0.15) is 17.7 Å². The minimum atomic E-state index is -0.580. The number of nitrogens with one attached hydrogen (secondary N) is 1. The van der Waals surface area contributed by atoms with Crippen LogP contribution in [0.2, 0.25) is 0 Å². The molecule has 2 aromatic heterocycles. The van der Waals surface area contributed by atoms with Gasteiger partial charge in [0.25, 0.3) is 5.56 Å². The maximum atomic E-state index is 12.1. The largest absolute Gasteiger partial charge is 0.369 e. The third kappa shape index (κ3) is 2.44. The van der Waals surface area contributed by atoms with Gasteiger partial charge in [0.05, 0.1) is 0 Å². The third-order valence-corrected chi connectivity index (χ3v) is 4.36. The lowest BCUT2D eigenvalue weighted by atomic mass is 9.99. The molecule has 0 aromatic carbocycles. The SMILES string of the molecule is Cn1c(NCC2CCCn3ccnc32)c(C#N)c(=O)n(C)c1=O. The third-order valence-electron chi connectivity index (χ3n) is 4.36. The van der Waals surface area contributed by atoms with Crippen molar-refractivity contribution >= 4 is 5.82 Å². The maximum Gasteiger partial charge on any atom is 0.332 e. The molecule has 0 fully saturated rings. The van der Waals surface area contributed by atoms with Crippen LogP contribution >= 0.6 is 0 Å². The van der Waals surface area contributed by atoms with Crippen molar-refractivity contribution in [3.63, 3.8) is 0 Å². The summed E-state index contributed by atoms with van der Waals surface area (Å²) in [4.78, 5) is 28.5. The van der Waals surface area contributed by atoms with Crippen molar-refractivity contribution in [1.29, 1.82) is 5.26 Å². The molecule has 2 aromatic rings. The standard InChI is InChI=1S/C15H18N6O2/c1-19-13(11(8-16)14(22)20(2)15(19)23)18-9-10-4-3-6-21-7-5-17-12(10)21/h5,7,10,18H,3-4,6,9H2,1-2H3. The van der Waals surface area contributed by atoms with Gasteiger partial charge in [-0.1, -0.05) is 0 Å². The second kappa shape index (κ2) is 5.76. The Morgan fingerprint density at radius 1 is 1.39 bits per heavy atom. The van der Waals surface area contributed by atoms with E-state index in [0.29, 0.717) is 6.54 Å². The van der Waals surface area contributed by atoms with Crippen molar-refractivity contribution in [1.82, 2.24) is 18.7 Å². The van der Waals surface area contributed by atoms with Crippen LogP contribution in [0.5, 0.6) is 0 Å². The molecule has 0 amide bonds. The predicted molar refractivity (Wildman–Crippen MR) is 84.3 cm³/mol. The lowest BCUT2D eigenvalue weighted by Gasteiger charge is -2.24. The van der Waals surface area contributed by atoms with Crippen LogP contribution in [-0.2, 0) is 20.6 Å². The van der Waals surface area contributed by atoms with E-state index in [-0.39, 0.29) is 17.3 Å². The van der Waals surface area contributed by atoms with E-state index in [1.807, 2.05) is 12.3 Å². The summed E-state index contributed by atoms with van der Waals surface area (Å²) in [6.45, 7) is 1.48. The number of aromatic nitrogens is 4. The first-order chi connectivity index (χ1) is 11.0. The summed E-state index contributed by atoms with van der Waals surface area (Å²) in [5.41, 5.74) is -1.08. The fourth-order valence-corrected chi connectivity index (χ4v) is 3.07. The average molecular weight is 314 g/mol. The van der Waals surface area contributed by atoms with Gasteiger partial charge in [-0.05, 0) is 12.8 Å². The minimum absolute atomic E-state index is 0.0475. The molecule has 0 bridgehead atoms. The monoisotopic (exact) mass is 314 g/mol. The lowest BCUT2D eigenvalue weighted by Crippen LogP contribution is -2.40. The topological polar surface area (TPSA) is 97.6 Å². The number of aryl methyl sites for hydroxylation is 1. The summed E-state index contributed by atoms with van der Waals surface area (Å²) < 4.78 is 4.36. The van der Waals surface area contributed by atoms with Gasteiger partial charge in [0.2, 0.25) is 0 Å². The molecular formula is C15H18N6O2. The van der Waals surface area contributed by atoms with Gasteiger partial charge in [-0.15, -0.1) is 0 Å².